The van der Waals surface area contributed by atoms with Crippen molar-refractivity contribution >= 4 is 21.4 Å². The van der Waals surface area contributed by atoms with Gasteiger partial charge in [0.1, 0.15) is 0 Å². The van der Waals surface area contributed by atoms with Crippen LogP contribution in [0.25, 0.3) is 0 Å². The number of hydrogen-bond donors (Lipinski definition) is 2. The molecule has 0 unspecified atom stereocenters. The molecule has 110 valence electrons. The molecule has 0 radical (unpaired) electrons. The Hall–Kier alpha value is -2.05. The molecule has 0 saturated carbocycles. The summed E-state index contributed by atoms with van der Waals surface area (Å²) in [5.74, 6) is 0. The molecule has 0 aliphatic carbocycles. The van der Waals surface area contributed by atoms with E-state index < -0.39 is 10.0 Å². The van der Waals surface area contributed by atoms with Crippen LogP contribution in [-0.2, 0) is 16.6 Å². The minimum absolute atomic E-state index is 0.288. The first-order chi connectivity index (χ1) is 10.1. The Morgan fingerprint density at radius 2 is 1.81 bits per heavy atom. The van der Waals surface area contributed by atoms with Gasteiger partial charge in [-0.2, -0.15) is 0 Å². The molecule has 21 heavy (non-hydrogen) atoms. The van der Waals surface area contributed by atoms with Gasteiger partial charge >= 0.3 is 0 Å². The highest BCUT2D eigenvalue weighted by Gasteiger charge is 2.28. The molecule has 0 fully saturated rings. The lowest BCUT2D eigenvalue weighted by atomic mass is 10.2. The van der Waals surface area contributed by atoms with Crippen molar-refractivity contribution in [1.29, 1.82) is 0 Å². The molecule has 3 rings (SSSR count). The van der Waals surface area contributed by atoms with Gasteiger partial charge in [0.2, 0.25) is 0 Å². The molecule has 0 bridgehead atoms. The monoisotopic (exact) mass is 303 g/mol. The summed E-state index contributed by atoms with van der Waals surface area (Å²) in [5.41, 5.74) is 7.98. The van der Waals surface area contributed by atoms with E-state index in [2.05, 4.69) is 5.32 Å². The zero-order valence-electron chi connectivity index (χ0n) is 11.5. The fraction of sp³-hybridized carbons (Fsp3) is 0.200. The minimum atomic E-state index is -3.55. The van der Waals surface area contributed by atoms with Gasteiger partial charge < -0.3 is 11.1 Å². The lowest BCUT2D eigenvalue weighted by Crippen LogP contribution is -2.38. The molecule has 6 heteroatoms. The second-order valence-electron chi connectivity index (χ2n) is 4.87. The largest absolute Gasteiger partial charge is 0.382 e. The van der Waals surface area contributed by atoms with Gasteiger partial charge in [0.05, 0.1) is 22.8 Å². The van der Waals surface area contributed by atoms with Crippen LogP contribution in [0.15, 0.2) is 53.4 Å². The highest BCUT2D eigenvalue weighted by Crippen LogP contribution is 2.32. The smallest absolute Gasteiger partial charge is 0.264 e. The van der Waals surface area contributed by atoms with Crippen molar-refractivity contribution in [2.75, 3.05) is 22.7 Å². The molecular weight excluding hydrogens is 286 g/mol. The quantitative estimate of drug-likeness (QED) is 0.906. The highest BCUT2D eigenvalue weighted by molar-refractivity contribution is 7.92. The SMILES string of the molecule is NCc1ccc(S(=O)(=O)N2CCNc3ccccc32)cc1. The Bertz CT molecular complexity index is 742. The normalized spacial score (nSPS) is 14.4. The summed E-state index contributed by atoms with van der Waals surface area (Å²) in [6, 6.07) is 14.2. The molecule has 2 aromatic rings. The van der Waals surface area contributed by atoms with E-state index in [-0.39, 0.29) is 4.90 Å². The van der Waals surface area contributed by atoms with Gasteiger partial charge in [0, 0.05) is 13.1 Å². The van der Waals surface area contributed by atoms with Crippen molar-refractivity contribution in [3.63, 3.8) is 0 Å². The zero-order chi connectivity index (χ0) is 14.9. The molecule has 2 aromatic carbocycles. The summed E-state index contributed by atoms with van der Waals surface area (Å²) in [5, 5.41) is 3.21. The standard InChI is InChI=1S/C15H17N3O2S/c16-11-12-5-7-13(8-6-12)21(19,20)18-10-9-17-14-3-1-2-4-15(14)18/h1-8,17H,9-11,16H2. The molecule has 1 aliphatic heterocycles. The molecular formula is C15H17N3O2S. The van der Waals surface area contributed by atoms with Crippen LogP contribution in [0.2, 0.25) is 0 Å². The van der Waals surface area contributed by atoms with E-state index in [9.17, 15) is 8.42 Å². The molecule has 0 atom stereocenters. The maximum Gasteiger partial charge on any atom is 0.264 e. The summed E-state index contributed by atoms with van der Waals surface area (Å²) >= 11 is 0. The van der Waals surface area contributed by atoms with Gasteiger partial charge in [-0.1, -0.05) is 24.3 Å². The Labute approximate surface area is 124 Å². The maximum absolute atomic E-state index is 12.8. The molecule has 0 saturated heterocycles. The summed E-state index contributed by atoms with van der Waals surface area (Å²) < 4.78 is 27.1. The topological polar surface area (TPSA) is 75.4 Å². The number of sulfonamides is 1. The molecule has 0 aromatic heterocycles. The van der Waals surface area contributed by atoms with Crippen LogP contribution in [0.5, 0.6) is 0 Å². The number of anilines is 2. The van der Waals surface area contributed by atoms with E-state index in [4.69, 9.17) is 5.73 Å². The molecule has 5 nitrogen and oxygen atoms in total. The number of rotatable bonds is 3. The fourth-order valence-electron chi connectivity index (χ4n) is 2.43. The van der Waals surface area contributed by atoms with Gasteiger partial charge in [-0.05, 0) is 29.8 Å². The average Bonchev–Trinajstić information content (AvgIpc) is 2.54. The second-order valence-corrected chi connectivity index (χ2v) is 6.73. The number of nitrogens with one attached hydrogen (secondary N) is 1. The summed E-state index contributed by atoms with van der Waals surface area (Å²) in [6.45, 7) is 1.41. The van der Waals surface area contributed by atoms with Gasteiger partial charge in [0.15, 0.2) is 0 Å². The third-order valence-electron chi connectivity index (χ3n) is 3.55. The van der Waals surface area contributed by atoms with Crippen LogP contribution < -0.4 is 15.4 Å². The number of hydrogen-bond acceptors (Lipinski definition) is 4. The Kier molecular flexibility index (Phi) is 3.57. The third kappa shape index (κ3) is 2.48. The molecule has 1 aliphatic rings. The van der Waals surface area contributed by atoms with Crippen LogP contribution in [0.3, 0.4) is 0 Å². The van der Waals surface area contributed by atoms with E-state index in [0.717, 1.165) is 11.3 Å². The Balaban J connectivity index is 2.02. The fourth-order valence-corrected chi connectivity index (χ4v) is 3.91. The maximum atomic E-state index is 12.8. The predicted octanol–water partition coefficient (Wildman–Crippen LogP) is 1.77. The first-order valence-electron chi connectivity index (χ1n) is 6.77. The zero-order valence-corrected chi connectivity index (χ0v) is 12.3. The van der Waals surface area contributed by atoms with Crippen molar-refractivity contribution in [1.82, 2.24) is 0 Å². The lowest BCUT2D eigenvalue weighted by Gasteiger charge is -2.31. The average molecular weight is 303 g/mol. The summed E-state index contributed by atoms with van der Waals surface area (Å²) in [7, 11) is -3.55. The van der Waals surface area contributed by atoms with Crippen LogP contribution in [0.1, 0.15) is 5.56 Å². The van der Waals surface area contributed by atoms with Crippen molar-refractivity contribution in [2.24, 2.45) is 5.73 Å². The van der Waals surface area contributed by atoms with E-state index in [1.54, 1.807) is 24.3 Å². The highest BCUT2D eigenvalue weighted by atomic mass is 32.2. The first-order valence-corrected chi connectivity index (χ1v) is 8.21. The van der Waals surface area contributed by atoms with Crippen LogP contribution in [-0.4, -0.2) is 21.5 Å². The van der Waals surface area contributed by atoms with Gasteiger partial charge in [0.25, 0.3) is 10.0 Å². The van der Waals surface area contributed by atoms with E-state index in [0.29, 0.717) is 25.3 Å². The Morgan fingerprint density at radius 1 is 1.10 bits per heavy atom. The van der Waals surface area contributed by atoms with E-state index in [1.165, 1.54) is 4.31 Å². The molecule has 1 heterocycles. The van der Waals surface area contributed by atoms with Crippen molar-refractivity contribution < 1.29 is 8.42 Å². The van der Waals surface area contributed by atoms with Gasteiger partial charge in [-0.15, -0.1) is 0 Å². The van der Waals surface area contributed by atoms with Crippen LogP contribution >= 0.6 is 0 Å². The number of nitrogens with two attached hydrogens (primary N) is 1. The number of nitrogens with zero attached hydrogens (tertiary/aromatic N) is 1. The second kappa shape index (κ2) is 5.38. The third-order valence-corrected chi connectivity index (χ3v) is 5.38. The number of fused-ring (bicyclic) bond motifs is 1. The Morgan fingerprint density at radius 3 is 2.52 bits per heavy atom. The van der Waals surface area contributed by atoms with E-state index >= 15 is 0 Å². The van der Waals surface area contributed by atoms with Crippen LogP contribution in [0, 0.1) is 0 Å². The van der Waals surface area contributed by atoms with Gasteiger partial charge in [-0.3, -0.25) is 4.31 Å². The molecule has 0 amide bonds. The molecule has 3 N–H and O–H groups in total. The molecule has 0 spiro atoms. The number of benzene rings is 2. The minimum Gasteiger partial charge on any atom is -0.382 e. The van der Waals surface area contributed by atoms with E-state index in [1.807, 2.05) is 24.3 Å². The lowest BCUT2D eigenvalue weighted by molar-refractivity contribution is 0.590. The first kappa shape index (κ1) is 13.9. The van der Waals surface area contributed by atoms with Gasteiger partial charge in [-0.25, -0.2) is 8.42 Å². The van der Waals surface area contributed by atoms with Crippen molar-refractivity contribution in [3.8, 4) is 0 Å². The summed E-state index contributed by atoms with van der Waals surface area (Å²) in [6.07, 6.45) is 0. The predicted molar refractivity (Wildman–Crippen MR) is 83.8 cm³/mol. The number of para-hydroxylation sites is 2. The summed E-state index contributed by atoms with van der Waals surface area (Å²) in [4.78, 5) is 0.288. The van der Waals surface area contributed by atoms with Crippen molar-refractivity contribution in [2.45, 2.75) is 11.4 Å². The van der Waals surface area contributed by atoms with Crippen molar-refractivity contribution in [3.05, 3.63) is 54.1 Å². The van der Waals surface area contributed by atoms with Crippen LogP contribution in [0.4, 0.5) is 11.4 Å².